The highest BCUT2D eigenvalue weighted by Crippen LogP contribution is 2.02. The summed E-state index contributed by atoms with van der Waals surface area (Å²) in [5.74, 6) is 9.86. The standard InChI is InChI=1S/C17H22O3/c1-4-6-7-8-9-13-17(20-15(3)18)14-11-10-12-16(19)5-2/h5,9,13,16-17,19H,2,4,6-8H2,1,3H3/b13-9-/t16-,17+/m1/s1. The molecule has 0 bridgehead atoms. The quantitative estimate of drug-likeness (QED) is 0.336. The number of ether oxygens (including phenoxy) is 1. The highest BCUT2D eigenvalue weighted by molar-refractivity contribution is 5.66. The summed E-state index contributed by atoms with van der Waals surface area (Å²) in [7, 11) is 0. The fourth-order valence-corrected chi connectivity index (χ4v) is 1.30. The van der Waals surface area contributed by atoms with Crippen molar-refractivity contribution in [2.45, 2.75) is 51.7 Å². The van der Waals surface area contributed by atoms with Gasteiger partial charge in [-0.05, 0) is 36.7 Å². The molecule has 1 N–H and O–H groups in total. The van der Waals surface area contributed by atoms with E-state index in [-0.39, 0.29) is 5.97 Å². The molecule has 0 aromatic rings. The summed E-state index contributed by atoms with van der Waals surface area (Å²) in [6, 6.07) is 0. The molecule has 20 heavy (non-hydrogen) atoms. The molecule has 108 valence electrons. The van der Waals surface area contributed by atoms with Crippen LogP contribution in [0.5, 0.6) is 0 Å². The number of carbonyl (C=O) groups is 1. The third-order valence-corrected chi connectivity index (χ3v) is 2.30. The normalized spacial score (nSPS) is 12.6. The van der Waals surface area contributed by atoms with E-state index >= 15 is 0 Å². The Kier molecular flexibility index (Phi) is 10.9. The molecular formula is C17H22O3. The second kappa shape index (κ2) is 12.1. The van der Waals surface area contributed by atoms with Gasteiger partial charge in [0.15, 0.2) is 6.10 Å². The molecular weight excluding hydrogens is 252 g/mol. The first-order chi connectivity index (χ1) is 9.60. The highest BCUT2D eigenvalue weighted by Gasteiger charge is 2.02. The average Bonchev–Trinajstić information content (AvgIpc) is 2.42. The number of hydrogen-bond acceptors (Lipinski definition) is 3. The summed E-state index contributed by atoms with van der Waals surface area (Å²) in [5, 5.41) is 9.13. The largest absolute Gasteiger partial charge is 0.445 e. The van der Waals surface area contributed by atoms with Gasteiger partial charge in [-0.2, -0.15) is 0 Å². The molecule has 0 saturated carbocycles. The summed E-state index contributed by atoms with van der Waals surface area (Å²) in [5.41, 5.74) is 0. The topological polar surface area (TPSA) is 46.5 Å². The molecule has 2 atom stereocenters. The van der Waals surface area contributed by atoms with Crippen molar-refractivity contribution in [2.24, 2.45) is 0 Å². The second-order valence-electron chi connectivity index (χ2n) is 4.17. The fraction of sp³-hybridized carbons (Fsp3) is 0.471. The van der Waals surface area contributed by atoms with Crippen LogP contribution in [0.3, 0.4) is 0 Å². The lowest BCUT2D eigenvalue weighted by molar-refractivity contribution is -0.142. The molecule has 0 aromatic carbocycles. The number of hydrogen-bond donors (Lipinski definition) is 1. The molecule has 0 rings (SSSR count). The van der Waals surface area contributed by atoms with Gasteiger partial charge in [0.05, 0.1) is 0 Å². The predicted molar refractivity (Wildman–Crippen MR) is 80.6 cm³/mol. The van der Waals surface area contributed by atoms with Gasteiger partial charge < -0.3 is 9.84 Å². The number of rotatable bonds is 7. The van der Waals surface area contributed by atoms with Crippen LogP contribution in [0.1, 0.15) is 39.5 Å². The molecule has 0 aliphatic rings. The van der Waals surface area contributed by atoms with E-state index in [0.717, 1.165) is 12.8 Å². The molecule has 0 aromatic heterocycles. The van der Waals surface area contributed by atoms with Crippen LogP contribution in [-0.4, -0.2) is 23.3 Å². The highest BCUT2D eigenvalue weighted by atomic mass is 16.5. The number of carbonyl (C=O) groups excluding carboxylic acids is 1. The third kappa shape index (κ3) is 11.1. The molecule has 0 saturated heterocycles. The second-order valence-corrected chi connectivity index (χ2v) is 4.17. The number of aliphatic hydroxyl groups excluding tert-OH is 1. The smallest absolute Gasteiger partial charge is 0.304 e. The SMILES string of the molecule is C=C[C@@H](O)C#CC#C[C@H](/C=C\CCCCC)OC(C)=O. The number of aliphatic hydroxyl groups is 1. The van der Waals surface area contributed by atoms with Crippen molar-refractivity contribution in [3.05, 3.63) is 24.8 Å². The van der Waals surface area contributed by atoms with E-state index in [0.29, 0.717) is 0 Å². The Bertz CT molecular complexity index is 440. The summed E-state index contributed by atoms with van der Waals surface area (Å²) in [4.78, 5) is 11.0. The van der Waals surface area contributed by atoms with E-state index in [1.165, 1.54) is 25.8 Å². The van der Waals surface area contributed by atoms with Crippen molar-refractivity contribution < 1.29 is 14.6 Å². The van der Waals surface area contributed by atoms with Crippen LogP contribution < -0.4 is 0 Å². The Morgan fingerprint density at radius 3 is 2.65 bits per heavy atom. The van der Waals surface area contributed by atoms with Crippen molar-refractivity contribution in [2.75, 3.05) is 0 Å². The van der Waals surface area contributed by atoms with E-state index in [9.17, 15) is 4.79 Å². The third-order valence-electron chi connectivity index (χ3n) is 2.30. The molecule has 0 aliphatic carbocycles. The van der Waals surface area contributed by atoms with E-state index in [2.05, 4.69) is 37.2 Å². The molecule has 0 heterocycles. The predicted octanol–water partition coefficient (Wildman–Crippen LogP) is 2.61. The van der Waals surface area contributed by atoms with Crippen molar-refractivity contribution in [3.63, 3.8) is 0 Å². The number of allylic oxidation sites excluding steroid dienone is 1. The Balaban J connectivity index is 4.47. The molecule has 0 radical (unpaired) electrons. The fourth-order valence-electron chi connectivity index (χ4n) is 1.30. The molecule has 0 amide bonds. The summed E-state index contributed by atoms with van der Waals surface area (Å²) in [6.45, 7) is 6.88. The van der Waals surface area contributed by atoms with Crippen LogP contribution in [0, 0.1) is 23.7 Å². The molecule has 3 heteroatoms. The van der Waals surface area contributed by atoms with Crippen molar-refractivity contribution in [1.29, 1.82) is 0 Å². The number of unbranched alkanes of at least 4 members (excludes halogenated alkanes) is 3. The molecule has 0 fully saturated rings. The zero-order valence-electron chi connectivity index (χ0n) is 12.2. The minimum Gasteiger partial charge on any atom is -0.445 e. The van der Waals surface area contributed by atoms with Crippen LogP contribution >= 0.6 is 0 Å². The Morgan fingerprint density at radius 1 is 1.35 bits per heavy atom. The van der Waals surface area contributed by atoms with Crippen LogP contribution in [0.4, 0.5) is 0 Å². The maximum Gasteiger partial charge on any atom is 0.304 e. The summed E-state index contributed by atoms with van der Waals surface area (Å²) in [6.07, 6.45) is 7.95. The summed E-state index contributed by atoms with van der Waals surface area (Å²) < 4.78 is 5.04. The first-order valence-corrected chi connectivity index (χ1v) is 6.75. The average molecular weight is 274 g/mol. The minimum atomic E-state index is -0.888. The molecule has 0 aliphatic heterocycles. The van der Waals surface area contributed by atoms with Gasteiger partial charge in [0.25, 0.3) is 0 Å². The van der Waals surface area contributed by atoms with E-state index < -0.39 is 12.2 Å². The van der Waals surface area contributed by atoms with Gasteiger partial charge in [-0.25, -0.2) is 0 Å². The molecule has 0 unspecified atom stereocenters. The maximum absolute atomic E-state index is 11.0. The summed E-state index contributed by atoms with van der Waals surface area (Å²) >= 11 is 0. The first kappa shape index (κ1) is 18.0. The van der Waals surface area contributed by atoms with Crippen molar-refractivity contribution in [3.8, 4) is 23.7 Å². The monoisotopic (exact) mass is 274 g/mol. The van der Waals surface area contributed by atoms with Gasteiger partial charge >= 0.3 is 5.97 Å². The maximum atomic E-state index is 11.0. The Morgan fingerprint density at radius 2 is 2.05 bits per heavy atom. The zero-order chi connectivity index (χ0) is 15.2. The van der Waals surface area contributed by atoms with E-state index in [1.54, 1.807) is 6.08 Å². The lowest BCUT2D eigenvalue weighted by atomic mass is 10.2. The van der Waals surface area contributed by atoms with Crippen molar-refractivity contribution >= 4 is 5.97 Å². The number of esters is 1. The Labute approximate surface area is 121 Å². The van der Waals surface area contributed by atoms with Crippen LogP contribution in [0.25, 0.3) is 0 Å². The molecule has 3 nitrogen and oxygen atoms in total. The Hall–Kier alpha value is -1.97. The minimum absolute atomic E-state index is 0.387. The van der Waals surface area contributed by atoms with Gasteiger partial charge in [0.2, 0.25) is 0 Å². The van der Waals surface area contributed by atoms with E-state index in [4.69, 9.17) is 9.84 Å². The lowest BCUT2D eigenvalue weighted by Crippen LogP contribution is -2.11. The van der Waals surface area contributed by atoms with Gasteiger partial charge in [-0.3, -0.25) is 4.79 Å². The zero-order valence-corrected chi connectivity index (χ0v) is 12.2. The molecule has 0 spiro atoms. The van der Waals surface area contributed by atoms with Gasteiger partial charge in [-0.1, -0.05) is 44.4 Å². The lowest BCUT2D eigenvalue weighted by Gasteiger charge is -2.05. The van der Waals surface area contributed by atoms with Gasteiger partial charge in [0.1, 0.15) is 6.10 Å². The van der Waals surface area contributed by atoms with Gasteiger partial charge in [-0.15, -0.1) is 0 Å². The van der Waals surface area contributed by atoms with Crippen LogP contribution in [0.2, 0.25) is 0 Å². The van der Waals surface area contributed by atoms with Crippen LogP contribution in [0.15, 0.2) is 24.8 Å². The van der Waals surface area contributed by atoms with E-state index in [1.807, 2.05) is 6.08 Å². The van der Waals surface area contributed by atoms with Crippen molar-refractivity contribution in [1.82, 2.24) is 0 Å². The van der Waals surface area contributed by atoms with Crippen LogP contribution in [-0.2, 0) is 9.53 Å². The van der Waals surface area contributed by atoms with Gasteiger partial charge in [0, 0.05) is 6.92 Å². The first-order valence-electron chi connectivity index (χ1n) is 6.75.